The van der Waals surface area contributed by atoms with Crippen LogP contribution in [0.25, 0.3) is 0 Å². The van der Waals surface area contributed by atoms with Gasteiger partial charge < -0.3 is 14.3 Å². The van der Waals surface area contributed by atoms with Crippen LogP contribution in [0.3, 0.4) is 0 Å². The van der Waals surface area contributed by atoms with Gasteiger partial charge in [-0.3, -0.25) is 0 Å². The second-order valence-corrected chi connectivity index (χ2v) is 3.79. The first-order valence-corrected chi connectivity index (χ1v) is 5.54. The maximum Gasteiger partial charge on any atom is 0.117 e. The highest BCUT2D eigenvalue weighted by Gasteiger charge is 2.01. The summed E-state index contributed by atoms with van der Waals surface area (Å²) < 4.78 is 7.60. The molecule has 0 aliphatic heterocycles. The molecule has 0 saturated carbocycles. The average molecular weight is 219 g/mol. The zero-order chi connectivity index (χ0) is 11.4. The monoisotopic (exact) mass is 219 g/mol. The van der Waals surface area contributed by atoms with Gasteiger partial charge in [0, 0.05) is 19.3 Å². The molecule has 0 aliphatic carbocycles. The Morgan fingerprint density at radius 2 is 2.25 bits per heavy atom. The van der Waals surface area contributed by atoms with E-state index in [4.69, 9.17) is 4.42 Å². The summed E-state index contributed by atoms with van der Waals surface area (Å²) in [5, 5.41) is 3.34. The summed E-state index contributed by atoms with van der Waals surface area (Å²) in [4.78, 5) is 4.12. The number of hydrogen-bond acceptors (Lipinski definition) is 3. The molecule has 1 N–H and O–H groups in total. The number of imidazole rings is 1. The number of furan rings is 1. The van der Waals surface area contributed by atoms with Crippen molar-refractivity contribution in [2.75, 3.05) is 0 Å². The molecular weight excluding hydrogens is 202 g/mol. The Morgan fingerprint density at radius 1 is 1.38 bits per heavy atom. The Kier molecular flexibility index (Phi) is 3.41. The van der Waals surface area contributed by atoms with E-state index in [0.29, 0.717) is 0 Å². The van der Waals surface area contributed by atoms with Crippen molar-refractivity contribution in [3.05, 3.63) is 41.9 Å². The Bertz CT molecular complexity index is 445. The van der Waals surface area contributed by atoms with E-state index in [1.165, 1.54) is 5.69 Å². The maximum atomic E-state index is 5.47. The Balaban J connectivity index is 1.84. The van der Waals surface area contributed by atoms with Gasteiger partial charge in [-0.1, -0.05) is 0 Å². The van der Waals surface area contributed by atoms with Gasteiger partial charge in [-0.05, 0) is 26.0 Å². The van der Waals surface area contributed by atoms with Crippen molar-refractivity contribution in [2.24, 2.45) is 0 Å². The molecule has 0 saturated heterocycles. The Morgan fingerprint density at radius 3 is 2.94 bits per heavy atom. The minimum Gasteiger partial charge on any atom is -0.465 e. The summed E-state index contributed by atoms with van der Waals surface area (Å²) in [6.45, 7) is 6.59. The quantitative estimate of drug-likeness (QED) is 0.837. The fourth-order valence-electron chi connectivity index (χ4n) is 1.67. The molecule has 2 aromatic rings. The van der Waals surface area contributed by atoms with E-state index >= 15 is 0 Å². The van der Waals surface area contributed by atoms with Crippen LogP contribution in [0, 0.1) is 6.92 Å². The molecule has 0 spiro atoms. The molecule has 0 fully saturated rings. The summed E-state index contributed by atoms with van der Waals surface area (Å²) in [6, 6.07) is 3.98. The summed E-state index contributed by atoms with van der Waals surface area (Å²) in [6.07, 6.45) is 3.75. The minimum atomic E-state index is 0.753. The van der Waals surface area contributed by atoms with Crippen molar-refractivity contribution in [1.29, 1.82) is 0 Å². The van der Waals surface area contributed by atoms with Gasteiger partial charge >= 0.3 is 0 Å². The lowest BCUT2D eigenvalue weighted by molar-refractivity contribution is 0.459. The lowest BCUT2D eigenvalue weighted by Gasteiger charge is -2.05. The second kappa shape index (κ2) is 4.99. The van der Waals surface area contributed by atoms with E-state index < -0.39 is 0 Å². The maximum absolute atomic E-state index is 5.47. The predicted octanol–water partition coefficient (Wildman–Crippen LogP) is 2.09. The van der Waals surface area contributed by atoms with Crippen molar-refractivity contribution in [1.82, 2.24) is 14.9 Å². The van der Waals surface area contributed by atoms with Gasteiger partial charge in [-0.2, -0.15) is 0 Å². The Labute approximate surface area is 95.3 Å². The minimum absolute atomic E-state index is 0.753. The van der Waals surface area contributed by atoms with Crippen molar-refractivity contribution >= 4 is 0 Å². The van der Waals surface area contributed by atoms with E-state index in [1.807, 2.05) is 31.6 Å². The third-order valence-electron chi connectivity index (χ3n) is 2.54. The van der Waals surface area contributed by atoms with E-state index in [2.05, 4.69) is 21.8 Å². The smallest absolute Gasteiger partial charge is 0.117 e. The van der Waals surface area contributed by atoms with Crippen LogP contribution in [0.5, 0.6) is 0 Å². The topological polar surface area (TPSA) is 43.0 Å². The van der Waals surface area contributed by atoms with E-state index in [1.54, 1.807) is 0 Å². The molecule has 2 rings (SSSR count). The van der Waals surface area contributed by atoms with Crippen molar-refractivity contribution < 1.29 is 4.42 Å². The molecule has 0 unspecified atom stereocenters. The molecule has 86 valence electrons. The van der Waals surface area contributed by atoms with Crippen molar-refractivity contribution in [2.45, 2.75) is 33.5 Å². The molecule has 0 bridgehead atoms. The van der Waals surface area contributed by atoms with E-state index in [-0.39, 0.29) is 0 Å². The van der Waals surface area contributed by atoms with Gasteiger partial charge in [-0.25, -0.2) is 4.98 Å². The average Bonchev–Trinajstić information content (AvgIpc) is 2.87. The van der Waals surface area contributed by atoms with Crippen molar-refractivity contribution in [3.8, 4) is 0 Å². The van der Waals surface area contributed by atoms with Crippen LogP contribution in [-0.4, -0.2) is 9.55 Å². The van der Waals surface area contributed by atoms with E-state index in [9.17, 15) is 0 Å². The summed E-state index contributed by atoms with van der Waals surface area (Å²) in [5.74, 6) is 1.93. The molecule has 4 heteroatoms. The normalized spacial score (nSPS) is 10.9. The molecular formula is C12H17N3O. The zero-order valence-electron chi connectivity index (χ0n) is 9.73. The highest BCUT2D eigenvalue weighted by molar-refractivity contribution is 5.05. The van der Waals surface area contributed by atoms with Crippen LogP contribution >= 0.6 is 0 Å². The van der Waals surface area contributed by atoms with E-state index in [0.717, 1.165) is 31.2 Å². The number of aromatic nitrogens is 2. The lowest BCUT2D eigenvalue weighted by atomic mass is 10.4. The van der Waals surface area contributed by atoms with Crippen LogP contribution < -0.4 is 5.32 Å². The van der Waals surface area contributed by atoms with Gasteiger partial charge in [0.1, 0.15) is 11.5 Å². The summed E-state index contributed by atoms with van der Waals surface area (Å²) >= 11 is 0. The predicted molar refractivity (Wildman–Crippen MR) is 61.9 cm³/mol. The molecule has 4 nitrogen and oxygen atoms in total. The SMILES string of the molecule is CCn1cncc1CNCc1ccc(C)o1. The highest BCUT2D eigenvalue weighted by atomic mass is 16.3. The first kappa shape index (κ1) is 11.0. The Hall–Kier alpha value is -1.55. The third-order valence-corrected chi connectivity index (χ3v) is 2.54. The van der Waals surface area contributed by atoms with Crippen LogP contribution in [0.15, 0.2) is 29.1 Å². The largest absolute Gasteiger partial charge is 0.465 e. The van der Waals surface area contributed by atoms with Crippen LogP contribution in [0.1, 0.15) is 24.1 Å². The lowest BCUT2D eigenvalue weighted by Crippen LogP contribution is -2.15. The van der Waals surface area contributed by atoms with Crippen molar-refractivity contribution in [3.63, 3.8) is 0 Å². The number of rotatable bonds is 5. The molecule has 2 aromatic heterocycles. The molecule has 16 heavy (non-hydrogen) atoms. The molecule has 2 heterocycles. The van der Waals surface area contributed by atoms with Gasteiger partial charge in [0.25, 0.3) is 0 Å². The van der Waals surface area contributed by atoms with Gasteiger partial charge in [0.05, 0.1) is 18.6 Å². The fraction of sp³-hybridized carbons (Fsp3) is 0.417. The molecule has 0 atom stereocenters. The van der Waals surface area contributed by atoms with Crippen LogP contribution in [0.2, 0.25) is 0 Å². The van der Waals surface area contributed by atoms with Gasteiger partial charge in [0.2, 0.25) is 0 Å². The molecule has 0 amide bonds. The number of nitrogens with one attached hydrogen (secondary N) is 1. The molecule has 0 radical (unpaired) electrons. The van der Waals surface area contributed by atoms with Gasteiger partial charge in [-0.15, -0.1) is 0 Å². The molecule has 0 aromatic carbocycles. The standard InChI is InChI=1S/C12H17N3O/c1-3-15-9-14-7-11(15)6-13-8-12-5-4-10(2)16-12/h4-5,7,9,13H,3,6,8H2,1-2H3. The first-order valence-electron chi connectivity index (χ1n) is 5.54. The van der Waals surface area contributed by atoms with Crippen LogP contribution in [0.4, 0.5) is 0 Å². The summed E-state index contributed by atoms with van der Waals surface area (Å²) in [7, 11) is 0. The first-order chi connectivity index (χ1) is 7.79. The van der Waals surface area contributed by atoms with Crippen LogP contribution in [-0.2, 0) is 19.6 Å². The summed E-state index contributed by atoms with van der Waals surface area (Å²) in [5.41, 5.74) is 1.20. The number of hydrogen-bond donors (Lipinski definition) is 1. The fourth-order valence-corrected chi connectivity index (χ4v) is 1.67. The van der Waals surface area contributed by atoms with Gasteiger partial charge in [0.15, 0.2) is 0 Å². The highest BCUT2D eigenvalue weighted by Crippen LogP contribution is 2.06. The second-order valence-electron chi connectivity index (χ2n) is 3.79. The zero-order valence-corrected chi connectivity index (χ0v) is 9.73. The third kappa shape index (κ3) is 2.52. The molecule has 0 aliphatic rings. The number of nitrogens with zero attached hydrogens (tertiary/aromatic N) is 2. The number of aryl methyl sites for hydroxylation is 2.